The van der Waals surface area contributed by atoms with E-state index >= 15 is 0 Å². The van der Waals surface area contributed by atoms with Crippen LogP contribution in [0.1, 0.15) is 35.9 Å². The molecule has 2 unspecified atom stereocenters. The fourth-order valence-electron chi connectivity index (χ4n) is 3.88. The van der Waals surface area contributed by atoms with Gasteiger partial charge >= 0.3 is 0 Å². The van der Waals surface area contributed by atoms with Crippen molar-refractivity contribution in [2.45, 2.75) is 24.8 Å². The van der Waals surface area contributed by atoms with Crippen LogP contribution in [0.2, 0.25) is 0 Å². The highest BCUT2D eigenvalue weighted by atomic mass is 16.5. The Morgan fingerprint density at radius 3 is 3.00 bits per heavy atom. The van der Waals surface area contributed by atoms with Crippen LogP contribution in [0.3, 0.4) is 0 Å². The van der Waals surface area contributed by atoms with E-state index in [1.54, 1.807) is 11.1 Å². The first-order chi connectivity index (χ1) is 8.93. The van der Waals surface area contributed by atoms with Crippen LogP contribution in [0.25, 0.3) is 0 Å². The molecule has 0 aromatic heterocycles. The van der Waals surface area contributed by atoms with Gasteiger partial charge in [0, 0.05) is 31.4 Å². The Kier molecular flexibility index (Phi) is 2.55. The Morgan fingerprint density at radius 1 is 1.22 bits per heavy atom. The van der Waals surface area contributed by atoms with E-state index in [1.807, 2.05) is 0 Å². The lowest BCUT2D eigenvalue weighted by atomic mass is 9.93. The first kappa shape index (κ1) is 10.8. The lowest BCUT2D eigenvalue weighted by Gasteiger charge is -2.32. The molecule has 1 aromatic rings. The molecule has 2 heterocycles. The van der Waals surface area contributed by atoms with E-state index in [-0.39, 0.29) is 0 Å². The molecule has 3 heteroatoms. The van der Waals surface area contributed by atoms with Crippen molar-refractivity contribution < 1.29 is 4.74 Å². The fraction of sp³-hybridized carbons (Fsp3) is 0.600. The quantitative estimate of drug-likeness (QED) is 0.820. The SMILES string of the molecule is c1cc2c3c(c1)C(N1CCOCC1)CC3CCN2. The van der Waals surface area contributed by atoms with Gasteiger partial charge in [0.2, 0.25) is 0 Å². The average Bonchev–Trinajstić information content (AvgIpc) is 2.82. The van der Waals surface area contributed by atoms with Gasteiger partial charge in [-0.2, -0.15) is 0 Å². The van der Waals surface area contributed by atoms with E-state index in [0.29, 0.717) is 6.04 Å². The smallest absolute Gasteiger partial charge is 0.0594 e. The normalized spacial score (nSPS) is 30.9. The van der Waals surface area contributed by atoms with Crippen molar-refractivity contribution >= 4 is 5.69 Å². The van der Waals surface area contributed by atoms with E-state index in [4.69, 9.17) is 4.74 Å². The number of nitrogens with one attached hydrogen (secondary N) is 1. The number of morpholine rings is 1. The third-order valence-electron chi connectivity index (χ3n) is 4.71. The van der Waals surface area contributed by atoms with Crippen molar-refractivity contribution in [3.8, 4) is 0 Å². The van der Waals surface area contributed by atoms with Gasteiger partial charge in [-0.1, -0.05) is 12.1 Å². The van der Waals surface area contributed by atoms with Crippen molar-refractivity contribution in [1.29, 1.82) is 0 Å². The van der Waals surface area contributed by atoms with Crippen LogP contribution in [-0.4, -0.2) is 37.7 Å². The Morgan fingerprint density at radius 2 is 2.11 bits per heavy atom. The number of rotatable bonds is 1. The number of benzene rings is 1. The summed E-state index contributed by atoms with van der Waals surface area (Å²) in [5.41, 5.74) is 4.58. The van der Waals surface area contributed by atoms with Gasteiger partial charge in [-0.3, -0.25) is 4.90 Å². The van der Waals surface area contributed by atoms with Crippen molar-refractivity contribution in [1.82, 2.24) is 4.90 Å². The molecule has 1 aromatic carbocycles. The molecule has 0 bridgehead atoms. The summed E-state index contributed by atoms with van der Waals surface area (Å²) in [6.07, 6.45) is 2.61. The summed E-state index contributed by atoms with van der Waals surface area (Å²) in [6, 6.07) is 7.43. The van der Waals surface area contributed by atoms with Crippen LogP contribution in [0, 0.1) is 0 Å². The van der Waals surface area contributed by atoms with Gasteiger partial charge in [0.05, 0.1) is 13.2 Å². The first-order valence-corrected chi connectivity index (χ1v) is 7.12. The highest BCUT2D eigenvalue weighted by Crippen LogP contribution is 2.49. The van der Waals surface area contributed by atoms with Crippen LogP contribution < -0.4 is 5.32 Å². The molecule has 0 amide bonds. The van der Waals surface area contributed by atoms with Gasteiger partial charge in [-0.25, -0.2) is 0 Å². The zero-order chi connectivity index (χ0) is 11.9. The molecule has 3 aliphatic rings. The van der Waals surface area contributed by atoms with Crippen molar-refractivity contribution in [3.63, 3.8) is 0 Å². The van der Waals surface area contributed by atoms with Crippen LogP contribution in [0.15, 0.2) is 18.2 Å². The van der Waals surface area contributed by atoms with Gasteiger partial charge in [-0.05, 0) is 36.0 Å². The Balaban J connectivity index is 1.71. The number of hydrogen-bond donors (Lipinski definition) is 1. The van der Waals surface area contributed by atoms with Crippen molar-refractivity contribution in [3.05, 3.63) is 29.3 Å². The largest absolute Gasteiger partial charge is 0.385 e. The summed E-state index contributed by atoms with van der Waals surface area (Å²) in [6.45, 7) is 5.11. The summed E-state index contributed by atoms with van der Waals surface area (Å²) in [5, 5.41) is 3.55. The van der Waals surface area contributed by atoms with Crippen molar-refractivity contribution in [2.75, 3.05) is 38.2 Å². The minimum Gasteiger partial charge on any atom is -0.385 e. The van der Waals surface area contributed by atoms with Crippen LogP contribution in [0.5, 0.6) is 0 Å². The standard InChI is InChI=1S/C15H20N2O/c1-2-12-14(17-6-8-18-9-7-17)10-11-4-5-16-13(3-1)15(11)12/h1-3,11,14,16H,4-10H2. The summed E-state index contributed by atoms with van der Waals surface area (Å²) in [7, 11) is 0. The predicted molar refractivity (Wildman–Crippen MR) is 72.0 cm³/mol. The molecule has 0 saturated carbocycles. The summed E-state index contributed by atoms with van der Waals surface area (Å²) < 4.78 is 5.48. The molecule has 3 nitrogen and oxygen atoms in total. The highest BCUT2D eigenvalue weighted by Gasteiger charge is 2.37. The molecule has 0 radical (unpaired) electrons. The minimum atomic E-state index is 0.633. The van der Waals surface area contributed by atoms with Gasteiger partial charge in [-0.15, -0.1) is 0 Å². The monoisotopic (exact) mass is 244 g/mol. The molecular formula is C15H20N2O. The summed E-state index contributed by atoms with van der Waals surface area (Å²) in [4.78, 5) is 2.62. The van der Waals surface area contributed by atoms with Crippen LogP contribution in [-0.2, 0) is 4.74 Å². The molecule has 1 N–H and O–H groups in total. The summed E-state index contributed by atoms with van der Waals surface area (Å²) >= 11 is 0. The molecule has 2 aliphatic heterocycles. The number of hydrogen-bond acceptors (Lipinski definition) is 3. The van der Waals surface area contributed by atoms with Crippen LogP contribution >= 0.6 is 0 Å². The first-order valence-electron chi connectivity index (χ1n) is 7.12. The van der Waals surface area contributed by atoms with Crippen LogP contribution in [0.4, 0.5) is 5.69 Å². The van der Waals surface area contributed by atoms with Gasteiger partial charge in [0.1, 0.15) is 0 Å². The minimum absolute atomic E-state index is 0.633. The summed E-state index contributed by atoms with van der Waals surface area (Å²) in [5.74, 6) is 0.783. The fourth-order valence-corrected chi connectivity index (χ4v) is 3.88. The molecule has 2 atom stereocenters. The zero-order valence-electron chi connectivity index (χ0n) is 10.7. The third kappa shape index (κ3) is 1.57. The second-order valence-electron chi connectivity index (χ2n) is 5.62. The molecular weight excluding hydrogens is 224 g/mol. The Bertz CT molecular complexity index is 454. The molecule has 4 rings (SSSR count). The average molecular weight is 244 g/mol. The Hall–Kier alpha value is -1.06. The van der Waals surface area contributed by atoms with E-state index in [2.05, 4.69) is 28.4 Å². The predicted octanol–water partition coefficient (Wildman–Crippen LogP) is 2.36. The topological polar surface area (TPSA) is 24.5 Å². The molecule has 1 saturated heterocycles. The van der Waals surface area contributed by atoms with E-state index in [0.717, 1.165) is 38.8 Å². The zero-order valence-corrected chi connectivity index (χ0v) is 10.7. The second-order valence-corrected chi connectivity index (χ2v) is 5.62. The molecule has 96 valence electrons. The molecule has 18 heavy (non-hydrogen) atoms. The molecule has 1 fully saturated rings. The van der Waals surface area contributed by atoms with Gasteiger partial charge in [0.15, 0.2) is 0 Å². The third-order valence-corrected chi connectivity index (χ3v) is 4.71. The maximum atomic E-state index is 5.48. The van der Waals surface area contributed by atoms with E-state index in [1.165, 1.54) is 18.5 Å². The number of ether oxygens (including phenoxy) is 1. The van der Waals surface area contributed by atoms with Gasteiger partial charge < -0.3 is 10.1 Å². The number of anilines is 1. The second kappa shape index (κ2) is 4.25. The van der Waals surface area contributed by atoms with Gasteiger partial charge in [0.25, 0.3) is 0 Å². The molecule has 1 aliphatic carbocycles. The maximum Gasteiger partial charge on any atom is 0.0594 e. The number of nitrogens with zero attached hydrogens (tertiary/aromatic N) is 1. The molecule has 0 spiro atoms. The van der Waals surface area contributed by atoms with E-state index in [9.17, 15) is 0 Å². The van der Waals surface area contributed by atoms with E-state index < -0.39 is 0 Å². The Labute approximate surface area is 108 Å². The lowest BCUT2D eigenvalue weighted by Crippen LogP contribution is -2.38. The van der Waals surface area contributed by atoms with Crippen molar-refractivity contribution in [2.24, 2.45) is 0 Å². The maximum absolute atomic E-state index is 5.48. The highest BCUT2D eigenvalue weighted by molar-refractivity contribution is 5.61. The lowest BCUT2D eigenvalue weighted by molar-refractivity contribution is 0.0154.